The molecule has 0 bridgehead atoms. The van der Waals surface area contributed by atoms with Gasteiger partial charge < -0.3 is 25.1 Å². The molecule has 1 aliphatic heterocycles. The summed E-state index contributed by atoms with van der Waals surface area (Å²) < 4.78 is 5.06. The first-order chi connectivity index (χ1) is 9.75. The molecule has 1 unspecified atom stereocenters. The van der Waals surface area contributed by atoms with E-state index in [0.29, 0.717) is 12.3 Å². The Bertz CT molecular complexity index is 388. The Hall–Kier alpha value is -1.53. The summed E-state index contributed by atoms with van der Waals surface area (Å²) in [6.07, 6.45) is 4.51. The van der Waals surface area contributed by atoms with E-state index in [-0.39, 0.29) is 12.6 Å². The molecule has 112 valence electrons. The zero-order valence-electron chi connectivity index (χ0n) is 11.7. The molecular formula is C14H23N3O3. The van der Waals surface area contributed by atoms with Gasteiger partial charge in [0.25, 0.3) is 0 Å². The van der Waals surface area contributed by atoms with E-state index < -0.39 is 6.10 Å². The number of nitrogens with one attached hydrogen (secondary N) is 2. The molecule has 0 spiro atoms. The minimum Gasteiger partial charge on any atom is -0.467 e. The number of nitrogens with zero attached hydrogens (tertiary/aromatic N) is 1. The summed E-state index contributed by atoms with van der Waals surface area (Å²) in [4.78, 5) is 13.9. The molecule has 6 nitrogen and oxygen atoms in total. The molecule has 2 amide bonds. The minimum atomic E-state index is -0.808. The van der Waals surface area contributed by atoms with Crippen LogP contribution >= 0.6 is 0 Å². The highest BCUT2D eigenvalue weighted by atomic mass is 16.4. The lowest BCUT2D eigenvalue weighted by atomic mass is 10.1. The topological polar surface area (TPSA) is 77.7 Å². The summed E-state index contributed by atoms with van der Waals surface area (Å²) in [5.41, 5.74) is 0. The van der Waals surface area contributed by atoms with Crippen LogP contribution in [0.4, 0.5) is 4.79 Å². The number of amides is 2. The van der Waals surface area contributed by atoms with E-state index in [0.717, 1.165) is 19.6 Å². The van der Waals surface area contributed by atoms with Gasteiger partial charge in [0.05, 0.1) is 12.8 Å². The molecule has 1 atom stereocenters. The van der Waals surface area contributed by atoms with Gasteiger partial charge in [-0.3, -0.25) is 0 Å². The first-order valence-electron chi connectivity index (χ1n) is 7.21. The average Bonchev–Trinajstić information content (AvgIpc) is 3.00. The zero-order valence-corrected chi connectivity index (χ0v) is 11.7. The van der Waals surface area contributed by atoms with E-state index in [4.69, 9.17) is 4.42 Å². The maximum absolute atomic E-state index is 11.6. The van der Waals surface area contributed by atoms with Crippen molar-refractivity contribution in [3.8, 4) is 0 Å². The van der Waals surface area contributed by atoms with Crippen molar-refractivity contribution in [2.24, 2.45) is 0 Å². The van der Waals surface area contributed by atoms with E-state index >= 15 is 0 Å². The first kappa shape index (κ1) is 14.9. The van der Waals surface area contributed by atoms with E-state index in [1.807, 2.05) is 0 Å². The lowest BCUT2D eigenvalue weighted by Gasteiger charge is -2.26. The third kappa shape index (κ3) is 4.86. The minimum absolute atomic E-state index is 0.142. The largest absolute Gasteiger partial charge is 0.467 e. The third-order valence-electron chi connectivity index (χ3n) is 3.49. The fourth-order valence-electron chi connectivity index (χ4n) is 2.34. The molecule has 2 rings (SSSR count). The van der Waals surface area contributed by atoms with Gasteiger partial charge >= 0.3 is 6.03 Å². The molecule has 1 aromatic rings. The van der Waals surface area contributed by atoms with E-state index in [9.17, 15) is 9.90 Å². The maximum atomic E-state index is 11.6. The van der Waals surface area contributed by atoms with Crippen molar-refractivity contribution in [1.82, 2.24) is 15.5 Å². The number of hydrogen-bond acceptors (Lipinski definition) is 4. The molecule has 1 aliphatic rings. The van der Waals surface area contributed by atoms with Gasteiger partial charge in [-0.05, 0) is 38.1 Å². The highest BCUT2D eigenvalue weighted by Crippen LogP contribution is 2.11. The van der Waals surface area contributed by atoms with E-state index in [1.54, 1.807) is 12.1 Å². The molecule has 0 saturated carbocycles. The van der Waals surface area contributed by atoms with Crippen LogP contribution in [-0.4, -0.2) is 48.8 Å². The first-order valence-corrected chi connectivity index (χ1v) is 7.21. The summed E-state index contributed by atoms with van der Waals surface area (Å²) in [6.45, 7) is 3.90. The van der Waals surface area contributed by atoms with Crippen molar-refractivity contribution >= 4 is 6.03 Å². The van der Waals surface area contributed by atoms with E-state index in [1.165, 1.54) is 25.5 Å². The molecule has 20 heavy (non-hydrogen) atoms. The summed E-state index contributed by atoms with van der Waals surface area (Å²) in [7, 11) is 0. The molecule has 0 radical (unpaired) electrons. The number of hydrogen-bond donors (Lipinski definition) is 3. The second kappa shape index (κ2) is 7.91. The normalized spacial score (nSPS) is 17.6. The highest BCUT2D eigenvalue weighted by Gasteiger charge is 2.12. The van der Waals surface area contributed by atoms with Crippen LogP contribution in [0.2, 0.25) is 0 Å². The molecule has 0 aliphatic carbocycles. The average molecular weight is 281 g/mol. The Kier molecular flexibility index (Phi) is 5.88. The Morgan fingerprint density at radius 2 is 2.15 bits per heavy atom. The van der Waals surface area contributed by atoms with Crippen molar-refractivity contribution in [2.75, 3.05) is 32.7 Å². The standard InChI is InChI=1S/C14H23N3O3/c18-12(13-5-4-10-20-13)11-16-14(19)15-6-9-17-7-2-1-3-8-17/h4-5,10,12,18H,1-3,6-9,11H2,(H2,15,16,19). The molecule has 0 aromatic carbocycles. The molecule has 1 aromatic heterocycles. The summed E-state index contributed by atoms with van der Waals surface area (Å²) in [6, 6.07) is 3.13. The van der Waals surface area contributed by atoms with Crippen molar-refractivity contribution in [3.63, 3.8) is 0 Å². The number of aliphatic hydroxyl groups is 1. The monoisotopic (exact) mass is 281 g/mol. The van der Waals surface area contributed by atoms with Crippen LogP contribution in [0.5, 0.6) is 0 Å². The number of piperidine rings is 1. The fourth-order valence-corrected chi connectivity index (χ4v) is 2.34. The fraction of sp³-hybridized carbons (Fsp3) is 0.643. The Labute approximate surface area is 119 Å². The van der Waals surface area contributed by atoms with Crippen LogP contribution in [-0.2, 0) is 0 Å². The van der Waals surface area contributed by atoms with Gasteiger partial charge in [-0.2, -0.15) is 0 Å². The quantitative estimate of drug-likeness (QED) is 0.729. The lowest BCUT2D eigenvalue weighted by molar-refractivity contribution is 0.147. The second-order valence-corrected chi connectivity index (χ2v) is 5.07. The van der Waals surface area contributed by atoms with Gasteiger partial charge in [0, 0.05) is 13.1 Å². The summed E-state index contributed by atoms with van der Waals surface area (Å²) in [5, 5.41) is 15.2. The predicted octanol–water partition coefficient (Wildman–Crippen LogP) is 1.10. The number of urea groups is 1. The smallest absolute Gasteiger partial charge is 0.314 e. The lowest BCUT2D eigenvalue weighted by Crippen LogP contribution is -2.42. The summed E-state index contributed by atoms with van der Waals surface area (Å²) in [5.74, 6) is 0.457. The Morgan fingerprint density at radius 3 is 2.85 bits per heavy atom. The predicted molar refractivity (Wildman–Crippen MR) is 75.4 cm³/mol. The van der Waals surface area contributed by atoms with Crippen LogP contribution in [0, 0.1) is 0 Å². The molecule has 6 heteroatoms. The van der Waals surface area contributed by atoms with Gasteiger partial charge in [-0.1, -0.05) is 6.42 Å². The number of aliphatic hydroxyl groups excluding tert-OH is 1. The van der Waals surface area contributed by atoms with Crippen molar-refractivity contribution in [3.05, 3.63) is 24.2 Å². The van der Waals surface area contributed by atoms with Gasteiger partial charge in [0.2, 0.25) is 0 Å². The second-order valence-electron chi connectivity index (χ2n) is 5.07. The zero-order chi connectivity index (χ0) is 14.2. The third-order valence-corrected chi connectivity index (χ3v) is 3.49. The molecular weight excluding hydrogens is 258 g/mol. The van der Waals surface area contributed by atoms with Crippen molar-refractivity contribution in [2.45, 2.75) is 25.4 Å². The van der Waals surface area contributed by atoms with Crippen LogP contribution in [0.3, 0.4) is 0 Å². The number of carbonyl (C=O) groups excluding carboxylic acids is 1. The number of carbonyl (C=O) groups is 1. The van der Waals surface area contributed by atoms with Gasteiger partial charge in [-0.15, -0.1) is 0 Å². The number of rotatable bonds is 6. The van der Waals surface area contributed by atoms with Gasteiger partial charge in [0.1, 0.15) is 11.9 Å². The van der Waals surface area contributed by atoms with E-state index in [2.05, 4.69) is 15.5 Å². The Morgan fingerprint density at radius 1 is 1.35 bits per heavy atom. The van der Waals surface area contributed by atoms with Gasteiger partial charge in [0.15, 0.2) is 0 Å². The Balaban J connectivity index is 1.56. The summed E-state index contributed by atoms with van der Waals surface area (Å²) >= 11 is 0. The maximum Gasteiger partial charge on any atom is 0.314 e. The molecule has 1 saturated heterocycles. The van der Waals surface area contributed by atoms with Crippen LogP contribution < -0.4 is 10.6 Å². The SMILES string of the molecule is O=C(NCCN1CCCCC1)NCC(O)c1ccco1. The number of likely N-dealkylation sites (tertiary alicyclic amines) is 1. The highest BCUT2D eigenvalue weighted by molar-refractivity contribution is 5.73. The molecule has 1 fully saturated rings. The molecule has 3 N–H and O–H groups in total. The van der Waals surface area contributed by atoms with Crippen LogP contribution in [0.1, 0.15) is 31.1 Å². The van der Waals surface area contributed by atoms with Gasteiger partial charge in [-0.25, -0.2) is 4.79 Å². The van der Waals surface area contributed by atoms with Crippen LogP contribution in [0.25, 0.3) is 0 Å². The number of furan rings is 1. The van der Waals surface area contributed by atoms with Crippen molar-refractivity contribution < 1.29 is 14.3 Å². The van der Waals surface area contributed by atoms with Crippen LogP contribution in [0.15, 0.2) is 22.8 Å². The van der Waals surface area contributed by atoms with Crippen molar-refractivity contribution in [1.29, 1.82) is 0 Å². The molecule has 2 heterocycles.